The molecule has 6 nitrogen and oxygen atoms in total. The summed E-state index contributed by atoms with van der Waals surface area (Å²) in [6.45, 7) is 3.34. The van der Waals surface area contributed by atoms with E-state index in [9.17, 15) is 18.0 Å². The molecule has 3 rings (SSSR count). The SMILES string of the molecule is COC(=O)COc1ccc(OC(c2ccc(C(F)(F)F)cc2)c2c[nH]nc2C)cc1C. The molecule has 1 aromatic heterocycles. The standard InChI is InChI=1S/C22H21F3N2O4/c1-13-10-17(8-9-19(13)30-12-20(28)29-3)31-21(18-11-26-27-14(18)2)15-4-6-16(7-5-15)22(23,24)25/h4-11,21H,12H2,1-3H3,(H,26,27). The average molecular weight is 434 g/mol. The van der Waals surface area contributed by atoms with Crippen LogP contribution in [0.3, 0.4) is 0 Å². The van der Waals surface area contributed by atoms with Gasteiger partial charge < -0.3 is 14.2 Å². The predicted octanol–water partition coefficient (Wildman–Crippen LogP) is 4.77. The number of hydrogen-bond donors (Lipinski definition) is 1. The number of aromatic amines is 1. The molecule has 0 aliphatic heterocycles. The van der Waals surface area contributed by atoms with Crippen LogP contribution < -0.4 is 9.47 Å². The van der Waals surface area contributed by atoms with Crippen molar-refractivity contribution >= 4 is 5.97 Å². The molecule has 1 unspecified atom stereocenters. The third kappa shape index (κ3) is 5.36. The first-order chi connectivity index (χ1) is 14.7. The van der Waals surface area contributed by atoms with Gasteiger partial charge in [-0.2, -0.15) is 18.3 Å². The van der Waals surface area contributed by atoms with E-state index in [1.54, 1.807) is 38.2 Å². The summed E-state index contributed by atoms with van der Waals surface area (Å²) in [6, 6.07) is 9.86. The summed E-state index contributed by atoms with van der Waals surface area (Å²) in [7, 11) is 1.27. The van der Waals surface area contributed by atoms with Crippen molar-refractivity contribution in [2.45, 2.75) is 26.1 Å². The third-order valence-electron chi connectivity index (χ3n) is 4.67. The normalized spacial score (nSPS) is 12.3. The number of benzene rings is 2. The molecule has 3 aromatic rings. The molecular weight excluding hydrogens is 413 g/mol. The summed E-state index contributed by atoms with van der Waals surface area (Å²) < 4.78 is 54.9. The quantitative estimate of drug-likeness (QED) is 0.543. The number of ether oxygens (including phenoxy) is 3. The van der Waals surface area contributed by atoms with E-state index in [0.29, 0.717) is 28.3 Å². The number of nitrogens with zero attached hydrogens (tertiary/aromatic N) is 1. The van der Waals surface area contributed by atoms with Crippen molar-refractivity contribution in [2.75, 3.05) is 13.7 Å². The number of halogens is 3. The second kappa shape index (κ2) is 9.11. The van der Waals surface area contributed by atoms with Gasteiger partial charge in [0.05, 0.1) is 18.4 Å². The van der Waals surface area contributed by atoms with Crippen molar-refractivity contribution in [1.29, 1.82) is 0 Å². The van der Waals surface area contributed by atoms with Crippen LogP contribution in [0.25, 0.3) is 0 Å². The van der Waals surface area contributed by atoms with Crippen molar-refractivity contribution in [3.63, 3.8) is 0 Å². The Bertz CT molecular complexity index is 1050. The summed E-state index contributed by atoms with van der Waals surface area (Å²) in [4.78, 5) is 11.3. The highest BCUT2D eigenvalue weighted by atomic mass is 19.4. The predicted molar refractivity (Wildman–Crippen MR) is 106 cm³/mol. The molecule has 164 valence electrons. The van der Waals surface area contributed by atoms with E-state index >= 15 is 0 Å². The van der Waals surface area contributed by atoms with Crippen LogP contribution in [0.2, 0.25) is 0 Å². The first-order valence-corrected chi connectivity index (χ1v) is 9.33. The Kier molecular flexibility index (Phi) is 6.53. The van der Waals surface area contributed by atoms with Crippen LogP contribution in [0.1, 0.15) is 34.1 Å². The Hall–Kier alpha value is -3.49. The van der Waals surface area contributed by atoms with Gasteiger partial charge >= 0.3 is 12.1 Å². The van der Waals surface area contributed by atoms with Crippen LogP contribution in [0.5, 0.6) is 11.5 Å². The summed E-state index contributed by atoms with van der Waals surface area (Å²) >= 11 is 0. The second-order valence-electron chi connectivity index (χ2n) is 6.84. The summed E-state index contributed by atoms with van der Waals surface area (Å²) in [5, 5.41) is 6.84. The minimum Gasteiger partial charge on any atom is -0.482 e. The molecule has 31 heavy (non-hydrogen) atoms. The highest BCUT2D eigenvalue weighted by molar-refractivity contribution is 5.70. The Morgan fingerprint density at radius 3 is 2.39 bits per heavy atom. The molecule has 0 amide bonds. The van der Waals surface area contributed by atoms with Gasteiger partial charge in [-0.05, 0) is 55.3 Å². The van der Waals surface area contributed by atoms with Gasteiger partial charge in [0.25, 0.3) is 0 Å². The topological polar surface area (TPSA) is 73.4 Å². The highest BCUT2D eigenvalue weighted by Gasteiger charge is 2.31. The van der Waals surface area contributed by atoms with Gasteiger partial charge in [0.1, 0.15) is 11.5 Å². The van der Waals surface area contributed by atoms with Crippen LogP contribution in [0.15, 0.2) is 48.7 Å². The molecule has 0 saturated heterocycles. The number of alkyl halides is 3. The van der Waals surface area contributed by atoms with Crippen molar-refractivity contribution in [3.05, 3.63) is 76.6 Å². The number of aryl methyl sites for hydroxylation is 2. The minimum atomic E-state index is -4.42. The van der Waals surface area contributed by atoms with Gasteiger partial charge in [-0.25, -0.2) is 4.79 Å². The molecule has 1 heterocycles. The first kappa shape index (κ1) is 22.2. The van der Waals surface area contributed by atoms with Gasteiger partial charge in [-0.1, -0.05) is 12.1 Å². The van der Waals surface area contributed by atoms with E-state index in [1.807, 2.05) is 0 Å². The number of carbonyl (C=O) groups is 1. The molecule has 9 heteroatoms. The number of aromatic nitrogens is 2. The molecule has 0 radical (unpaired) electrons. The summed E-state index contributed by atoms with van der Waals surface area (Å²) in [5.74, 6) is 0.467. The summed E-state index contributed by atoms with van der Waals surface area (Å²) in [5.41, 5.74) is 1.89. The Balaban J connectivity index is 1.87. The summed E-state index contributed by atoms with van der Waals surface area (Å²) in [6.07, 6.45) is -3.45. The zero-order valence-corrected chi connectivity index (χ0v) is 17.1. The molecule has 0 aliphatic carbocycles. The fourth-order valence-corrected chi connectivity index (χ4v) is 2.98. The van der Waals surface area contributed by atoms with E-state index in [-0.39, 0.29) is 6.61 Å². The van der Waals surface area contributed by atoms with Crippen LogP contribution in [-0.4, -0.2) is 29.9 Å². The Morgan fingerprint density at radius 1 is 1.13 bits per heavy atom. The van der Waals surface area contributed by atoms with E-state index in [4.69, 9.17) is 9.47 Å². The molecule has 2 aromatic carbocycles. The maximum Gasteiger partial charge on any atom is 0.416 e. The monoisotopic (exact) mass is 434 g/mol. The van der Waals surface area contributed by atoms with Crippen LogP contribution in [0, 0.1) is 13.8 Å². The number of hydrogen-bond acceptors (Lipinski definition) is 5. The molecule has 1 N–H and O–H groups in total. The lowest BCUT2D eigenvalue weighted by Crippen LogP contribution is -2.13. The van der Waals surface area contributed by atoms with Crippen molar-refractivity contribution in [3.8, 4) is 11.5 Å². The number of methoxy groups -OCH3 is 1. The maximum atomic E-state index is 12.9. The second-order valence-corrected chi connectivity index (χ2v) is 6.84. The van der Waals surface area contributed by atoms with E-state index < -0.39 is 23.8 Å². The largest absolute Gasteiger partial charge is 0.482 e. The smallest absolute Gasteiger partial charge is 0.416 e. The van der Waals surface area contributed by atoms with Crippen LogP contribution >= 0.6 is 0 Å². The van der Waals surface area contributed by atoms with Crippen LogP contribution in [0.4, 0.5) is 13.2 Å². The molecule has 1 atom stereocenters. The molecule has 0 spiro atoms. The lowest BCUT2D eigenvalue weighted by Gasteiger charge is -2.21. The Labute approximate surface area is 176 Å². The van der Waals surface area contributed by atoms with Gasteiger partial charge in [-0.15, -0.1) is 0 Å². The van der Waals surface area contributed by atoms with Crippen molar-refractivity contribution in [2.24, 2.45) is 0 Å². The lowest BCUT2D eigenvalue weighted by atomic mass is 10.0. The zero-order valence-electron chi connectivity index (χ0n) is 17.1. The minimum absolute atomic E-state index is 0.222. The highest BCUT2D eigenvalue weighted by Crippen LogP contribution is 2.34. The lowest BCUT2D eigenvalue weighted by molar-refractivity contribution is -0.143. The zero-order chi connectivity index (χ0) is 22.6. The van der Waals surface area contributed by atoms with Crippen molar-refractivity contribution in [1.82, 2.24) is 10.2 Å². The molecular formula is C22H21F3N2O4. The Morgan fingerprint density at radius 2 is 1.84 bits per heavy atom. The molecule has 0 saturated carbocycles. The fraction of sp³-hybridized carbons (Fsp3) is 0.273. The van der Waals surface area contributed by atoms with Gasteiger partial charge in [0.2, 0.25) is 0 Å². The molecule has 0 bridgehead atoms. The van der Waals surface area contributed by atoms with E-state index in [0.717, 1.165) is 17.7 Å². The number of H-pyrrole nitrogens is 1. The average Bonchev–Trinajstić information content (AvgIpc) is 3.16. The van der Waals surface area contributed by atoms with Gasteiger partial charge in [0.15, 0.2) is 12.7 Å². The van der Waals surface area contributed by atoms with Gasteiger partial charge in [-0.3, -0.25) is 5.10 Å². The maximum absolute atomic E-state index is 12.9. The van der Waals surface area contributed by atoms with Gasteiger partial charge in [0, 0.05) is 11.8 Å². The van der Waals surface area contributed by atoms with Crippen LogP contribution in [-0.2, 0) is 15.7 Å². The number of carbonyl (C=O) groups excluding carboxylic acids is 1. The number of esters is 1. The number of rotatable bonds is 7. The number of nitrogens with one attached hydrogen (secondary N) is 1. The van der Waals surface area contributed by atoms with E-state index in [1.165, 1.54) is 19.2 Å². The van der Waals surface area contributed by atoms with E-state index in [2.05, 4.69) is 14.9 Å². The van der Waals surface area contributed by atoms with Crippen molar-refractivity contribution < 1.29 is 32.2 Å². The molecule has 0 aliphatic rings. The third-order valence-corrected chi connectivity index (χ3v) is 4.67. The first-order valence-electron chi connectivity index (χ1n) is 9.33. The fourth-order valence-electron chi connectivity index (χ4n) is 2.98. The molecule has 0 fully saturated rings.